The number of nitrogens with one attached hydrogen (secondary N) is 1. The molecule has 20 heavy (non-hydrogen) atoms. The molecule has 2 aliphatic heterocycles. The third-order valence-corrected chi connectivity index (χ3v) is 5.08. The summed E-state index contributed by atoms with van der Waals surface area (Å²) in [7, 11) is 0. The van der Waals surface area contributed by atoms with Gasteiger partial charge in [-0.1, -0.05) is 6.92 Å². The van der Waals surface area contributed by atoms with E-state index >= 15 is 0 Å². The molecular weight excluding hydrogens is 320 g/mol. The molecule has 1 aromatic heterocycles. The number of furan rings is 1. The van der Waals surface area contributed by atoms with E-state index in [4.69, 9.17) is 4.42 Å². The number of amides is 1. The molecule has 2 saturated heterocycles. The van der Waals surface area contributed by atoms with Gasteiger partial charge in [0.25, 0.3) is 5.91 Å². The van der Waals surface area contributed by atoms with Crippen molar-refractivity contribution in [3.63, 3.8) is 0 Å². The van der Waals surface area contributed by atoms with Crippen molar-refractivity contribution in [2.75, 3.05) is 6.54 Å². The van der Waals surface area contributed by atoms with Crippen LogP contribution in [0.4, 0.5) is 0 Å². The highest BCUT2D eigenvalue weighted by atomic mass is 79.9. The normalized spacial score (nSPS) is 28.6. The molecule has 1 N–H and O–H groups in total. The van der Waals surface area contributed by atoms with Crippen molar-refractivity contribution in [3.8, 4) is 0 Å². The average molecular weight is 341 g/mol. The second-order valence-electron chi connectivity index (χ2n) is 5.87. The number of carbonyl (C=O) groups is 1. The van der Waals surface area contributed by atoms with Crippen LogP contribution < -0.4 is 5.32 Å². The van der Waals surface area contributed by atoms with Gasteiger partial charge in [0.2, 0.25) is 0 Å². The molecule has 2 unspecified atom stereocenters. The molecule has 1 amide bonds. The Morgan fingerprint density at radius 2 is 2.15 bits per heavy atom. The molecule has 2 bridgehead atoms. The molecule has 4 nitrogen and oxygen atoms in total. The van der Waals surface area contributed by atoms with E-state index in [0.717, 1.165) is 25.8 Å². The highest BCUT2D eigenvalue weighted by molar-refractivity contribution is 9.10. The van der Waals surface area contributed by atoms with E-state index in [2.05, 4.69) is 33.1 Å². The molecule has 5 heteroatoms. The van der Waals surface area contributed by atoms with E-state index in [0.29, 0.717) is 28.4 Å². The number of piperidine rings is 1. The lowest BCUT2D eigenvalue weighted by Crippen LogP contribution is -2.50. The van der Waals surface area contributed by atoms with E-state index in [1.807, 2.05) is 0 Å². The van der Waals surface area contributed by atoms with Crippen LogP contribution in [-0.2, 0) is 0 Å². The monoisotopic (exact) mass is 340 g/mol. The molecule has 0 saturated carbocycles. The fourth-order valence-corrected chi connectivity index (χ4v) is 3.98. The van der Waals surface area contributed by atoms with Crippen LogP contribution in [0.25, 0.3) is 0 Å². The maximum Gasteiger partial charge on any atom is 0.258 e. The van der Waals surface area contributed by atoms with Crippen molar-refractivity contribution in [1.29, 1.82) is 0 Å². The van der Waals surface area contributed by atoms with Crippen LogP contribution in [0.1, 0.15) is 49.4 Å². The van der Waals surface area contributed by atoms with Gasteiger partial charge in [-0.2, -0.15) is 0 Å². The zero-order valence-electron chi connectivity index (χ0n) is 11.8. The quantitative estimate of drug-likeness (QED) is 0.915. The lowest BCUT2D eigenvalue weighted by molar-refractivity contribution is 0.0614. The topological polar surface area (TPSA) is 45.5 Å². The number of hydrogen-bond acceptors (Lipinski definition) is 3. The van der Waals surface area contributed by atoms with Crippen molar-refractivity contribution in [2.45, 2.75) is 57.2 Å². The first-order valence-corrected chi connectivity index (χ1v) is 8.28. The molecular formula is C15H21BrN2O2. The Hall–Kier alpha value is -0.810. The predicted molar refractivity (Wildman–Crippen MR) is 80.7 cm³/mol. The SMILES string of the molecule is CCCN(C(=O)c1ccoc1Br)C1CC2CCC(C1)N2. The Kier molecular flexibility index (Phi) is 4.17. The van der Waals surface area contributed by atoms with Crippen LogP contribution in [0.2, 0.25) is 0 Å². The summed E-state index contributed by atoms with van der Waals surface area (Å²) in [5.41, 5.74) is 0.643. The van der Waals surface area contributed by atoms with E-state index in [1.165, 1.54) is 12.8 Å². The van der Waals surface area contributed by atoms with Crippen molar-refractivity contribution in [2.24, 2.45) is 0 Å². The maximum absolute atomic E-state index is 12.8. The number of carbonyl (C=O) groups excluding carboxylic acids is 1. The van der Waals surface area contributed by atoms with Gasteiger partial charge in [0, 0.05) is 24.7 Å². The molecule has 2 aliphatic rings. The summed E-state index contributed by atoms with van der Waals surface area (Å²) in [5, 5.41) is 3.64. The Bertz CT molecular complexity index is 476. The molecule has 2 atom stereocenters. The Morgan fingerprint density at radius 1 is 1.45 bits per heavy atom. The summed E-state index contributed by atoms with van der Waals surface area (Å²) in [6.07, 6.45) is 7.22. The fraction of sp³-hybridized carbons (Fsp3) is 0.667. The van der Waals surface area contributed by atoms with Crippen LogP contribution in [-0.4, -0.2) is 35.5 Å². The van der Waals surface area contributed by atoms with E-state index in [9.17, 15) is 4.79 Å². The van der Waals surface area contributed by atoms with Crippen molar-refractivity contribution in [1.82, 2.24) is 10.2 Å². The van der Waals surface area contributed by atoms with Crippen LogP contribution in [0.15, 0.2) is 21.4 Å². The van der Waals surface area contributed by atoms with E-state index in [-0.39, 0.29) is 5.91 Å². The zero-order chi connectivity index (χ0) is 14.1. The number of hydrogen-bond donors (Lipinski definition) is 1. The lowest BCUT2D eigenvalue weighted by atomic mass is 9.97. The molecule has 2 fully saturated rings. The summed E-state index contributed by atoms with van der Waals surface area (Å²) >= 11 is 3.32. The van der Waals surface area contributed by atoms with Gasteiger partial charge in [0.15, 0.2) is 4.67 Å². The lowest BCUT2D eigenvalue weighted by Gasteiger charge is -2.37. The number of rotatable bonds is 4. The van der Waals surface area contributed by atoms with E-state index in [1.54, 1.807) is 12.3 Å². The first kappa shape index (κ1) is 14.1. The van der Waals surface area contributed by atoms with Gasteiger partial charge < -0.3 is 14.6 Å². The standard InChI is InChI=1S/C15H21BrN2O2/c1-2-6-18(15(19)13-5-7-20-14(13)16)12-8-10-3-4-11(9-12)17-10/h5,7,10-12,17H,2-4,6,8-9H2,1H3. The van der Waals surface area contributed by atoms with Gasteiger partial charge >= 0.3 is 0 Å². The highest BCUT2D eigenvalue weighted by Crippen LogP contribution is 2.31. The Morgan fingerprint density at radius 3 is 2.70 bits per heavy atom. The van der Waals surface area contributed by atoms with Crippen LogP contribution >= 0.6 is 15.9 Å². The average Bonchev–Trinajstić information content (AvgIpc) is 3.01. The van der Waals surface area contributed by atoms with Crippen LogP contribution in [0.3, 0.4) is 0 Å². The molecule has 3 heterocycles. The van der Waals surface area contributed by atoms with Gasteiger partial charge in [-0.15, -0.1) is 0 Å². The second-order valence-corrected chi connectivity index (χ2v) is 6.59. The van der Waals surface area contributed by atoms with Gasteiger partial charge in [0.1, 0.15) is 0 Å². The Balaban J connectivity index is 1.78. The van der Waals surface area contributed by atoms with Crippen LogP contribution in [0.5, 0.6) is 0 Å². The summed E-state index contributed by atoms with van der Waals surface area (Å²) in [6.45, 7) is 2.95. The first-order chi connectivity index (χ1) is 9.69. The third kappa shape index (κ3) is 2.66. The van der Waals surface area contributed by atoms with Crippen LogP contribution in [0, 0.1) is 0 Å². The summed E-state index contributed by atoms with van der Waals surface area (Å²) in [4.78, 5) is 14.8. The summed E-state index contributed by atoms with van der Waals surface area (Å²) < 4.78 is 5.75. The zero-order valence-corrected chi connectivity index (χ0v) is 13.4. The smallest absolute Gasteiger partial charge is 0.258 e. The highest BCUT2D eigenvalue weighted by Gasteiger charge is 2.38. The number of fused-ring (bicyclic) bond motifs is 2. The predicted octanol–water partition coefficient (Wildman–Crippen LogP) is 3.18. The Labute approximate surface area is 128 Å². The minimum atomic E-state index is 0.0961. The van der Waals surface area contributed by atoms with Crippen molar-refractivity contribution in [3.05, 3.63) is 22.6 Å². The minimum absolute atomic E-state index is 0.0961. The van der Waals surface area contributed by atoms with Crippen molar-refractivity contribution >= 4 is 21.8 Å². The molecule has 0 radical (unpaired) electrons. The number of halogens is 1. The second kappa shape index (κ2) is 5.90. The molecule has 3 rings (SSSR count). The number of nitrogens with zero attached hydrogens (tertiary/aromatic N) is 1. The summed E-state index contributed by atoms with van der Waals surface area (Å²) in [6, 6.07) is 3.31. The minimum Gasteiger partial charge on any atom is -0.457 e. The third-order valence-electron chi connectivity index (χ3n) is 4.46. The largest absolute Gasteiger partial charge is 0.457 e. The molecule has 0 aliphatic carbocycles. The van der Waals surface area contributed by atoms with Gasteiger partial charge in [-0.05, 0) is 54.1 Å². The van der Waals surface area contributed by atoms with Gasteiger partial charge in [0.05, 0.1) is 11.8 Å². The fourth-order valence-electron chi connectivity index (χ4n) is 3.57. The molecule has 110 valence electrons. The summed E-state index contributed by atoms with van der Waals surface area (Å²) in [5.74, 6) is 0.0961. The van der Waals surface area contributed by atoms with Gasteiger partial charge in [-0.25, -0.2) is 0 Å². The molecule has 0 spiro atoms. The maximum atomic E-state index is 12.8. The van der Waals surface area contributed by atoms with Crippen molar-refractivity contribution < 1.29 is 9.21 Å². The molecule has 1 aromatic rings. The first-order valence-electron chi connectivity index (χ1n) is 7.49. The van der Waals surface area contributed by atoms with E-state index < -0.39 is 0 Å². The molecule has 0 aromatic carbocycles. The van der Waals surface area contributed by atoms with Gasteiger partial charge in [-0.3, -0.25) is 4.79 Å².